The third-order valence-electron chi connectivity index (χ3n) is 12.0. The van der Waals surface area contributed by atoms with Crippen molar-refractivity contribution in [3.63, 3.8) is 0 Å². The highest BCUT2D eigenvalue weighted by molar-refractivity contribution is 5.89. The SMILES string of the molecule is CC(=O)O[C@@H]1[C@H]2[C@]3(OC(C)=O)CO[C@H]3C[C@@H](OC(C)=O)[C@]2(C)[C@@H](OC(=O)c2ccccc2)[C@H](O)C2=C(C)[C@@H](OC(=O)C=Cc3ccccc3)C[C@]21C(C)(C)O. The second-order valence-electron chi connectivity index (χ2n) is 15.7. The molecule has 0 unspecified atom stereocenters. The van der Waals surface area contributed by atoms with Crippen molar-refractivity contribution in [2.75, 3.05) is 6.61 Å². The van der Waals surface area contributed by atoms with Crippen LogP contribution < -0.4 is 0 Å². The number of ether oxygens (including phenoxy) is 6. The Kier molecular flexibility index (Phi) is 10.6. The topological polar surface area (TPSA) is 181 Å². The number of fused-ring (bicyclic) bond motifs is 4. The van der Waals surface area contributed by atoms with Crippen molar-refractivity contribution in [1.29, 1.82) is 0 Å². The Balaban J connectivity index is 1.62. The summed E-state index contributed by atoms with van der Waals surface area (Å²) in [5.41, 5.74) is -5.62. The van der Waals surface area contributed by atoms with Gasteiger partial charge in [-0.05, 0) is 55.7 Å². The molecule has 1 aliphatic heterocycles. The van der Waals surface area contributed by atoms with Crippen LogP contribution in [0, 0.1) is 16.7 Å². The van der Waals surface area contributed by atoms with E-state index in [9.17, 15) is 34.2 Å². The van der Waals surface area contributed by atoms with Crippen LogP contribution in [-0.2, 0) is 47.6 Å². The van der Waals surface area contributed by atoms with E-state index < -0.39 is 94.4 Å². The van der Waals surface area contributed by atoms with Gasteiger partial charge in [-0.25, -0.2) is 9.59 Å². The molecule has 3 fully saturated rings. The zero-order valence-corrected chi connectivity index (χ0v) is 32.0. The van der Waals surface area contributed by atoms with Crippen LogP contribution in [0.1, 0.15) is 77.2 Å². The predicted molar refractivity (Wildman–Crippen MR) is 195 cm³/mol. The second-order valence-corrected chi connectivity index (χ2v) is 15.7. The molecule has 294 valence electrons. The van der Waals surface area contributed by atoms with Crippen molar-refractivity contribution < 1.29 is 62.6 Å². The molecule has 13 heteroatoms. The molecule has 2 aromatic carbocycles. The molecule has 10 atom stereocenters. The zero-order chi connectivity index (χ0) is 40.1. The lowest BCUT2D eigenvalue weighted by atomic mass is 9.49. The molecule has 0 radical (unpaired) electrons. The normalized spacial score (nSPS) is 33.9. The maximum atomic E-state index is 14.1. The molecular weight excluding hydrogens is 712 g/mol. The Bertz CT molecular complexity index is 1900. The number of benzene rings is 2. The van der Waals surface area contributed by atoms with Crippen LogP contribution in [0.3, 0.4) is 0 Å². The molecular formula is C42H48O13. The van der Waals surface area contributed by atoms with Gasteiger partial charge in [0.25, 0.3) is 0 Å². The van der Waals surface area contributed by atoms with E-state index in [-0.39, 0.29) is 30.6 Å². The van der Waals surface area contributed by atoms with E-state index in [1.54, 1.807) is 38.1 Å². The summed E-state index contributed by atoms with van der Waals surface area (Å²) < 4.78 is 36.9. The molecule has 1 saturated heterocycles. The average molecular weight is 761 g/mol. The highest BCUT2D eigenvalue weighted by atomic mass is 16.6. The molecule has 0 spiro atoms. The van der Waals surface area contributed by atoms with Gasteiger partial charge >= 0.3 is 29.8 Å². The summed E-state index contributed by atoms with van der Waals surface area (Å²) >= 11 is 0. The number of rotatable bonds is 9. The first kappa shape index (κ1) is 39.8. The van der Waals surface area contributed by atoms with Crippen molar-refractivity contribution >= 4 is 35.9 Å². The minimum atomic E-state index is -1.88. The van der Waals surface area contributed by atoms with Gasteiger partial charge in [-0.2, -0.15) is 0 Å². The van der Waals surface area contributed by atoms with Gasteiger partial charge in [0.15, 0.2) is 5.60 Å². The summed E-state index contributed by atoms with van der Waals surface area (Å²) in [5.74, 6) is -4.98. The molecule has 3 aliphatic carbocycles. The van der Waals surface area contributed by atoms with E-state index in [0.717, 1.165) is 5.56 Å². The molecule has 6 rings (SSSR count). The Morgan fingerprint density at radius 3 is 2.02 bits per heavy atom. The molecule has 2 saturated carbocycles. The van der Waals surface area contributed by atoms with Crippen molar-refractivity contribution in [2.45, 2.75) is 109 Å². The average Bonchev–Trinajstić information content (AvgIpc) is 3.38. The van der Waals surface area contributed by atoms with Crippen LogP contribution >= 0.6 is 0 Å². The maximum Gasteiger partial charge on any atom is 0.338 e. The highest BCUT2D eigenvalue weighted by Gasteiger charge is 2.80. The number of hydrogen-bond acceptors (Lipinski definition) is 13. The van der Waals surface area contributed by atoms with Gasteiger partial charge in [-0.3, -0.25) is 14.4 Å². The molecule has 2 aromatic rings. The summed E-state index contributed by atoms with van der Waals surface area (Å²) in [6.07, 6.45) is -5.40. The Hall–Kier alpha value is -4.85. The Labute approximate surface area is 319 Å². The molecule has 55 heavy (non-hydrogen) atoms. The Morgan fingerprint density at radius 2 is 1.47 bits per heavy atom. The summed E-state index contributed by atoms with van der Waals surface area (Å²) in [5, 5.41) is 25.4. The van der Waals surface area contributed by atoms with Crippen molar-refractivity contribution in [2.24, 2.45) is 16.7 Å². The first-order valence-corrected chi connectivity index (χ1v) is 18.3. The monoisotopic (exact) mass is 760 g/mol. The molecule has 13 nitrogen and oxygen atoms in total. The van der Waals surface area contributed by atoms with Crippen molar-refractivity contribution in [1.82, 2.24) is 0 Å². The minimum Gasteiger partial charge on any atom is -0.462 e. The lowest BCUT2D eigenvalue weighted by molar-refractivity contribution is -0.352. The fraction of sp³-hybridized carbons (Fsp3) is 0.500. The zero-order valence-electron chi connectivity index (χ0n) is 32.0. The van der Waals surface area contributed by atoms with E-state index in [1.807, 2.05) is 30.3 Å². The standard InChI is InChI=1S/C42H48O13/c1-23-29(53-32(46)19-18-27-14-10-8-11-15-27)21-41(39(5,6)49)33(23)34(47)36(54-38(48)28-16-12-9-13-17-28)40(7)30(51-24(2)43)20-31-42(22-50-31,55-26(4)45)35(40)37(41)52-25(3)44/h8-19,29-31,34-37,47,49H,20-22H2,1-7H3/t29-,30+,31-,34+,35+,36-,37+,40-,41-,42-/m0/s1. The number of hydrogen-bond donors (Lipinski definition) is 2. The lowest BCUT2D eigenvalue weighted by Crippen LogP contribution is -2.79. The lowest BCUT2D eigenvalue weighted by Gasteiger charge is -2.65. The molecule has 0 aromatic heterocycles. The quantitative estimate of drug-likeness (QED) is 0.160. The smallest absolute Gasteiger partial charge is 0.338 e. The summed E-state index contributed by atoms with van der Waals surface area (Å²) in [7, 11) is 0. The number of aliphatic hydroxyl groups excluding tert-OH is 1. The molecule has 2 N–H and O–H groups in total. The van der Waals surface area contributed by atoms with E-state index in [2.05, 4.69) is 0 Å². The molecule has 0 amide bonds. The summed E-state index contributed by atoms with van der Waals surface area (Å²) in [4.78, 5) is 66.7. The molecule has 1 heterocycles. The molecule has 0 bridgehead atoms. The third-order valence-corrected chi connectivity index (χ3v) is 12.0. The van der Waals surface area contributed by atoms with Crippen LogP contribution in [-0.4, -0.2) is 94.5 Å². The van der Waals surface area contributed by atoms with Gasteiger partial charge < -0.3 is 38.6 Å². The molecule has 4 aliphatic rings. The number of esters is 5. The predicted octanol–water partition coefficient (Wildman–Crippen LogP) is 4.28. The van der Waals surface area contributed by atoms with Gasteiger partial charge in [0, 0.05) is 39.7 Å². The van der Waals surface area contributed by atoms with E-state index >= 15 is 0 Å². The van der Waals surface area contributed by atoms with Crippen molar-refractivity contribution in [3.05, 3.63) is 89.0 Å². The first-order chi connectivity index (χ1) is 25.9. The van der Waals surface area contributed by atoms with Crippen LogP contribution in [0.4, 0.5) is 0 Å². The van der Waals surface area contributed by atoms with Gasteiger partial charge in [0.2, 0.25) is 0 Å². The van der Waals surface area contributed by atoms with E-state index in [1.165, 1.54) is 52.8 Å². The van der Waals surface area contributed by atoms with Gasteiger partial charge in [-0.15, -0.1) is 0 Å². The third kappa shape index (κ3) is 6.76. The second kappa shape index (κ2) is 14.7. The fourth-order valence-corrected chi connectivity index (χ4v) is 9.73. The van der Waals surface area contributed by atoms with Crippen LogP contribution in [0.15, 0.2) is 77.9 Å². The van der Waals surface area contributed by atoms with Crippen LogP contribution in [0.5, 0.6) is 0 Å². The summed E-state index contributed by atoms with van der Waals surface area (Å²) in [6.45, 7) is 9.64. The first-order valence-electron chi connectivity index (χ1n) is 18.3. The van der Waals surface area contributed by atoms with Crippen LogP contribution in [0.25, 0.3) is 6.08 Å². The number of aliphatic hydroxyl groups is 2. The maximum absolute atomic E-state index is 14.1. The Morgan fingerprint density at radius 1 is 0.855 bits per heavy atom. The van der Waals surface area contributed by atoms with Crippen molar-refractivity contribution in [3.8, 4) is 0 Å². The van der Waals surface area contributed by atoms with E-state index in [0.29, 0.717) is 5.57 Å². The number of carbonyl (C=O) groups is 5. The van der Waals surface area contributed by atoms with E-state index in [4.69, 9.17) is 28.4 Å². The summed E-state index contributed by atoms with van der Waals surface area (Å²) in [6, 6.07) is 17.2. The van der Waals surface area contributed by atoms with Gasteiger partial charge in [0.05, 0.1) is 34.5 Å². The van der Waals surface area contributed by atoms with Crippen LogP contribution in [0.2, 0.25) is 0 Å². The fourth-order valence-electron chi connectivity index (χ4n) is 9.73. The number of carbonyl (C=O) groups excluding carboxylic acids is 5. The van der Waals surface area contributed by atoms with Gasteiger partial charge in [0.1, 0.15) is 36.6 Å². The highest BCUT2D eigenvalue weighted by Crippen LogP contribution is 2.68. The largest absolute Gasteiger partial charge is 0.462 e. The van der Waals surface area contributed by atoms with Gasteiger partial charge in [-0.1, -0.05) is 55.5 Å². The minimum absolute atomic E-state index is 0.0414.